The van der Waals surface area contributed by atoms with Crippen molar-refractivity contribution in [1.82, 2.24) is 0 Å². The fourth-order valence-electron chi connectivity index (χ4n) is 3.07. The summed E-state index contributed by atoms with van der Waals surface area (Å²) in [6.45, 7) is 0. The van der Waals surface area contributed by atoms with E-state index in [4.69, 9.17) is 35.4 Å². The van der Waals surface area contributed by atoms with Crippen LogP contribution in [0.3, 0.4) is 0 Å². The van der Waals surface area contributed by atoms with Gasteiger partial charge in [-0.05, 0) is 61.4 Å². The molecule has 0 amide bonds. The predicted molar refractivity (Wildman–Crippen MR) is 117 cm³/mol. The van der Waals surface area contributed by atoms with Gasteiger partial charge in [-0.2, -0.15) is 0 Å². The van der Waals surface area contributed by atoms with Gasteiger partial charge in [-0.3, -0.25) is 0 Å². The zero-order chi connectivity index (χ0) is 27.3. The van der Waals surface area contributed by atoms with Gasteiger partial charge in [0.25, 0.3) is 0 Å². The second kappa shape index (κ2) is 11.6. The van der Waals surface area contributed by atoms with Crippen LogP contribution in [0.5, 0.6) is 0 Å². The Balaban J connectivity index is 0.000000275. The largest absolute Gasteiger partial charge is 0.479 e. The third-order valence-corrected chi connectivity index (χ3v) is 4.98. The first-order valence-electron chi connectivity index (χ1n) is 9.73. The van der Waals surface area contributed by atoms with Crippen molar-refractivity contribution in [1.29, 1.82) is 0 Å². The lowest BCUT2D eigenvalue weighted by atomic mass is 9.89. The number of furan rings is 1. The van der Waals surface area contributed by atoms with E-state index in [-0.39, 0.29) is 41.0 Å². The lowest BCUT2D eigenvalue weighted by Gasteiger charge is -2.17. The van der Waals surface area contributed by atoms with Crippen molar-refractivity contribution in [2.24, 2.45) is 0 Å². The van der Waals surface area contributed by atoms with Crippen LogP contribution in [0.4, 0.5) is 0 Å². The first kappa shape index (κ1) is 30.0. The van der Waals surface area contributed by atoms with E-state index in [2.05, 4.69) is 4.42 Å². The maximum absolute atomic E-state index is 10.8. The van der Waals surface area contributed by atoms with E-state index in [1.807, 2.05) is 0 Å². The molecule has 198 valence electrons. The molecule has 2 bridgehead atoms. The molecule has 2 aliphatic rings. The average Bonchev–Trinajstić information content (AvgIpc) is 3.55. The first-order valence-corrected chi connectivity index (χ1v) is 9.73. The van der Waals surface area contributed by atoms with Crippen molar-refractivity contribution in [3.8, 4) is 0 Å². The molecule has 4 rings (SSSR count). The third-order valence-electron chi connectivity index (χ3n) is 4.98. The Morgan fingerprint density at radius 2 is 0.892 bits per heavy atom. The van der Waals surface area contributed by atoms with E-state index in [0.717, 1.165) is 12.1 Å². The maximum atomic E-state index is 10.8. The Morgan fingerprint density at radius 3 is 1.05 bits per heavy atom. The summed E-state index contributed by atoms with van der Waals surface area (Å²) < 4.78 is 9.47. The molecule has 2 aliphatic heterocycles. The summed E-state index contributed by atoms with van der Waals surface area (Å²) >= 11 is 0. The molecule has 2 atom stereocenters. The summed E-state index contributed by atoms with van der Waals surface area (Å²) in [6, 6.07) is 7.20. The van der Waals surface area contributed by atoms with Gasteiger partial charge >= 0.3 is 35.8 Å². The molecule has 1 fully saturated rings. The third kappa shape index (κ3) is 6.77. The lowest BCUT2D eigenvalue weighted by molar-refractivity contribution is -0.169. The van der Waals surface area contributed by atoms with Crippen molar-refractivity contribution >= 4 is 35.8 Å². The van der Waals surface area contributed by atoms with Gasteiger partial charge in [-0.25, -0.2) is 28.8 Å². The van der Waals surface area contributed by atoms with Crippen LogP contribution in [0.1, 0.15) is 54.7 Å². The molecule has 1 aromatic heterocycles. The number of hydrogen-bond acceptors (Lipinski definition) is 8. The fourth-order valence-corrected chi connectivity index (χ4v) is 3.07. The van der Waals surface area contributed by atoms with Gasteiger partial charge in [0.15, 0.2) is 11.2 Å². The normalized spacial score (nSPS) is 20.2. The predicted octanol–water partition coefficient (Wildman–Crippen LogP) is 0.948. The quantitative estimate of drug-likeness (QED) is 0.287. The van der Waals surface area contributed by atoms with E-state index < -0.39 is 47.0 Å². The van der Waals surface area contributed by atoms with E-state index >= 15 is 0 Å². The summed E-state index contributed by atoms with van der Waals surface area (Å²) in [5, 5.41) is 51.2. The smallest absolute Gasteiger partial charge is 0.371 e. The summed E-state index contributed by atoms with van der Waals surface area (Å²) in [7, 11) is 0. The lowest BCUT2D eigenvalue weighted by Crippen LogP contribution is -2.38. The molecular formula is C22H20O15. The number of carbonyl (C=O) groups is 6. The monoisotopic (exact) mass is 524 g/mol. The van der Waals surface area contributed by atoms with Gasteiger partial charge in [0, 0.05) is 0 Å². The summed E-state index contributed by atoms with van der Waals surface area (Å²) in [6.07, 6.45) is 3.11. The SMILES string of the molecule is O.O=C(O)C12C=CC(C(=O)O)(CC1)O2.O=C(O)c1ccc(C(=O)O)cc1.O=C(O)c1ccc(C(=O)O)o1. The number of ether oxygens (including phenoxy) is 1. The molecule has 0 aliphatic carbocycles. The highest BCUT2D eigenvalue weighted by Crippen LogP contribution is 2.45. The second-order valence-electron chi connectivity index (χ2n) is 7.29. The Morgan fingerprint density at radius 1 is 0.568 bits per heavy atom. The molecule has 1 saturated heterocycles. The minimum absolute atomic E-state index is 0. The number of aliphatic carboxylic acids is 2. The first-order chi connectivity index (χ1) is 16.7. The van der Waals surface area contributed by atoms with Crippen LogP contribution in [-0.4, -0.2) is 83.1 Å². The average molecular weight is 524 g/mol. The number of fused-ring (bicyclic) bond motifs is 2. The standard InChI is InChI=1S/C8H8O5.C8H6O4.C6H4O5.H2O/c9-5(10)7-1-2-8(13-7,4-3-7)6(11)12;9-7(10)5-1-2-6(4-3-5)8(11)12;7-5(8)3-1-2-4(11-3)6(9)10;/h1-2H,3-4H2,(H,9,10)(H,11,12);1-4H,(H,9,10)(H,11,12);1-2H,(H,7,8)(H,9,10);1H2. The number of rotatable bonds is 6. The van der Waals surface area contributed by atoms with Crippen molar-refractivity contribution < 1.29 is 74.0 Å². The summed E-state index contributed by atoms with van der Waals surface area (Å²) in [4.78, 5) is 62.5. The number of aromatic carboxylic acids is 4. The molecule has 3 heterocycles. The molecule has 1 aromatic carbocycles. The van der Waals surface area contributed by atoms with Crippen LogP contribution in [0, 0.1) is 0 Å². The van der Waals surface area contributed by atoms with Crippen LogP contribution in [0.2, 0.25) is 0 Å². The van der Waals surface area contributed by atoms with Gasteiger partial charge in [0.05, 0.1) is 11.1 Å². The van der Waals surface area contributed by atoms with Gasteiger partial charge in [-0.15, -0.1) is 0 Å². The molecule has 15 heteroatoms. The fraction of sp³-hybridized carbons (Fsp3) is 0.182. The Labute approximate surface area is 205 Å². The summed E-state index contributed by atoms with van der Waals surface area (Å²) in [5.74, 6) is -7.67. The number of benzene rings is 1. The van der Waals surface area contributed by atoms with E-state index in [0.29, 0.717) is 0 Å². The number of hydrogen-bond donors (Lipinski definition) is 6. The van der Waals surface area contributed by atoms with Crippen LogP contribution in [-0.2, 0) is 14.3 Å². The van der Waals surface area contributed by atoms with E-state index in [1.165, 1.54) is 36.4 Å². The Kier molecular flexibility index (Phi) is 9.41. The number of carboxylic acids is 6. The van der Waals surface area contributed by atoms with Crippen molar-refractivity contribution in [2.45, 2.75) is 24.0 Å². The molecule has 0 radical (unpaired) electrons. The van der Waals surface area contributed by atoms with Crippen LogP contribution >= 0.6 is 0 Å². The highest BCUT2D eigenvalue weighted by atomic mass is 16.6. The molecule has 2 aromatic rings. The van der Waals surface area contributed by atoms with Crippen molar-refractivity contribution in [3.05, 3.63) is 71.2 Å². The van der Waals surface area contributed by atoms with E-state index in [9.17, 15) is 28.8 Å². The maximum Gasteiger partial charge on any atom is 0.371 e. The topological polar surface area (TPSA) is 278 Å². The molecule has 2 unspecified atom stereocenters. The molecule has 37 heavy (non-hydrogen) atoms. The van der Waals surface area contributed by atoms with Gasteiger partial charge in [0.1, 0.15) is 0 Å². The van der Waals surface area contributed by atoms with Gasteiger partial charge in [-0.1, -0.05) is 0 Å². The highest BCUT2D eigenvalue weighted by molar-refractivity contribution is 5.92. The van der Waals surface area contributed by atoms with E-state index in [1.54, 1.807) is 0 Å². The van der Waals surface area contributed by atoms with Crippen LogP contribution < -0.4 is 0 Å². The molecular weight excluding hydrogens is 504 g/mol. The zero-order valence-electron chi connectivity index (χ0n) is 18.5. The molecule has 0 saturated carbocycles. The number of carboxylic acid groups (broad SMARTS) is 6. The molecule has 0 spiro atoms. The van der Waals surface area contributed by atoms with Gasteiger partial charge in [0.2, 0.25) is 11.5 Å². The van der Waals surface area contributed by atoms with Crippen LogP contribution in [0.25, 0.3) is 0 Å². The molecule has 8 N–H and O–H groups in total. The zero-order valence-corrected chi connectivity index (χ0v) is 18.5. The van der Waals surface area contributed by atoms with Gasteiger partial charge < -0.3 is 45.3 Å². The second-order valence-corrected chi connectivity index (χ2v) is 7.29. The Hall–Kier alpha value is -5.02. The highest BCUT2D eigenvalue weighted by Gasteiger charge is 2.60. The minimum Gasteiger partial charge on any atom is -0.479 e. The van der Waals surface area contributed by atoms with Crippen LogP contribution in [0.15, 0.2) is 53.0 Å². The Bertz CT molecular complexity index is 1150. The molecule has 15 nitrogen and oxygen atoms in total. The summed E-state index contributed by atoms with van der Waals surface area (Å²) in [5.41, 5.74) is -2.61. The van der Waals surface area contributed by atoms with Crippen molar-refractivity contribution in [2.75, 3.05) is 0 Å². The minimum atomic E-state index is -1.39. The van der Waals surface area contributed by atoms with Crippen molar-refractivity contribution in [3.63, 3.8) is 0 Å².